The Kier molecular flexibility index (Phi) is 7.28. The van der Waals surface area contributed by atoms with Crippen molar-refractivity contribution in [2.75, 3.05) is 7.11 Å². The van der Waals surface area contributed by atoms with E-state index < -0.39 is 16.9 Å². The molecule has 28 heavy (non-hydrogen) atoms. The number of rotatable bonds is 7. The van der Waals surface area contributed by atoms with E-state index in [1.807, 2.05) is 0 Å². The van der Waals surface area contributed by atoms with Crippen LogP contribution in [0.1, 0.15) is 29.2 Å². The summed E-state index contributed by atoms with van der Waals surface area (Å²) in [5.41, 5.74) is 1.30. The SMILES string of the molecule is COC=C(C(=O)S)c1ccccc1CON=C(C)c1cccc(C(F)(F)F)c1. The fourth-order valence-corrected chi connectivity index (χ4v) is 2.60. The number of halogens is 3. The highest BCUT2D eigenvalue weighted by atomic mass is 32.1. The molecule has 2 aromatic carbocycles. The number of carbonyl (C=O) groups is 1. The van der Waals surface area contributed by atoms with Crippen molar-refractivity contribution in [3.05, 3.63) is 77.0 Å². The second-order valence-electron chi connectivity index (χ2n) is 5.76. The van der Waals surface area contributed by atoms with Crippen LogP contribution < -0.4 is 0 Å². The third kappa shape index (κ3) is 5.63. The first-order valence-corrected chi connectivity index (χ1v) is 8.57. The van der Waals surface area contributed by atoms with Crippen LogP contribution in [0.2, 0.25) is 0 Å². The Morgan fingerprint density at radius 2 is 1.89 bits per heavy atom. The summed E-state index contributed by atoms with van der Waals surface area (Å²) < 4.78 is 43.4. The van der Waals surface area contributed by atoms with Gasteiger partial charge in [0.05, 0.1) is 30.2 Å². The van der Waals surface area contributed by atoms with Crippen LogP contribution in [-0.2, 0) is 27.2 Å². The van der Waals surface area contributed by atoms with Crippen molar-refractivity contribution in [2.45, 2.75) is 19.7 Å². The predicted octanol–water partition coefficient (Wildman–Crippen LogP) is 5.09. The molecule has 0 aliphatic heterocycles. The van der Waals surface area contributed by atoms with Crippen LogP contribution in [0.4, 0.5) is 13.2 Å². The zero-order chi connectivity index (χ0) is 20.7. The van der Waals surface area contributed by atoms with Gasteiger partial charge in [-0.25, -0.2) is 0 Å². The summed E-state index contributed by atoms with van der Waals surface area (Å²) >= 11 is 3.84. The Labute approximate surface area is 166 Å². The number of benzene rings is 2. The van der Waals surface area contributed by atoms with Gasteiger partial charge in [0, 0.05) is 5.56 Å². The van der Waals surface area contributed by atoms with Crippen LogP contribution in [0.3, 0.4) is 0 Å². The van der Waals surface area contributed by atoms with Crippen LogP contribution in [0.5, 0.6) is 0 Å². The molecule has 0 unspecified atom stereocenters. The summed E-state index contributed by atoms with van der Waals surface area (Å²) in [4.78, 5) is 17.0. The highest BCUT2D eigenvalue weighted by Gasteiger charge is 2.30. The summed E-state index contributed by atoms with van der Waals surface area (Å²) in [6.07, 6.45) is -3.15. The van der Waals surface area contributed by atoms with Gasteiger partial charge in [-0.05, 0) is 30.2 Å². The fraction of sp³-hybridized carbons (Fsp3) is 0.200. The maximum atomic E-state index is 12.8. The van der Waals surface area contributed by atoms with Gasteiger partial charge in [0.2, 0.25) is 5.12 Å². The first kappa shape index (κ1) is 21.6. The first-order chi connectivity index (χ1) is 13.2. The number of nitrogens with zero attached hydrogens (tertiary/aromatic N) is 1. The molecule has 148 valence electrons. The van der Waals surface area contributed by atoms with Crippen LogP contribution in [0.25, 0.3) is 5.57 Å². The van der Waals surface area contributed by atoms with Gasteiger partial charge in [0.1, 0.15) is 6.61 Å². The van der Waals surface area contributed by atoms with Gasteiger partial charge in [0.15, 0.2) is 0 Å². The van der Waals surface area contributed by atoms with Crippen LogP contribution in [0, 0.1) is 0 Å². The molecule has 0 N–H and O–H groups in total. The molecule has 0 aliphatic carbocycles. The number of carbonyl (C=O) groups excluding carboxylic acids is 1. The molecule has 4 nitrogen and oxygen atoms in total. The van der Waals surface area contributed by atoms with Crippen LogP contribution >= 0.6 is 12.6 Å². The fourth-order valence-electron chi connectivity index (χ4n) is 2.43. The molecule has 2 aromatic rings. The van der Waals surface area contributed by atoms with Crippen molar-refractivity contribution < 1.29 is 27.5 Å². The maximum absolute atomic E-state index is 12.8. The van der Waals surface area contributed by atoms with Crippen molar-refractivity contribution in [1.29, 1.82) is 0 Å². The molecule has 0 amide bonds. The molecule has 0 saturated heterocycles. The number of methoxy groups -OCH3 is 1. The molecular formula is C20H18F3NO3S. The maximum Gasteiger partial charge on any atom is 0.416 e. The lowest BCUT2D eigenvalue weighted by atomic mass is 10.0. The Balaban J connectivity index is 2.19. The molecule has 0 bridgehead atoms. The first-order valence-electron chi connectivity index (χ1n) is 8.12. The van der Waals surface area contributed by atoms with Gasteiger partial charge < -0.3 is 9.57 Å². The van der Waals surface area contributed by atoms with Gasteiger partial charge >= 0.3 is 6.18 Å². The minimum atomic E-state index is -4.43. The number of alkyl halides is 3. The van der Waals surface area contributed by atoms with Crippen LogP contribution in [0.15, 0.2) is 59.9 Å². The standard InChI is InChI=1S/C20H18F3NO3S/c1-13(14-7-5-8-16(10-14)20(21,22)23)24-27-11-15-6-3-4-9-17(15)18(12-26-2)19(25)28/h3-10,12H,11H2,1-2H3,(H,25,28). The molecular weight excluding hydrogens is 391 g/mol. The third-order valence-corrected chi connectivity index (χ3v) is 4.04. The Morgan fingerprint density at radius 1 is 1.18 bits per heavy atom. The minimum absolute atomic E-state index is 0.00852. The minimum Gasteiger partial charge on any atom is -0.504 e. The molecule has 0 heterocycles. The Bertz CT molecular complexity index is 908. The highest BCUT2D eigenvalue weighted by Crippen LogP contribution is 2.29. The second kappa shape index (κ2) is 9.45. The normalized spacial score (nSPS) is 12.6. The quantitative estimate of drug-likeness (QED) is 0.228. The second-order valence-corrected chi connectivity index (χ2v) is 6.16. The van der Waals surface area contributed by atoms with Gasteiger partial charge in [-0.3, -0.25) is 4.79 Å². The molecule has 0 radical (unpaired) electrons. The lowest BCUT2D eigenvalue weighted by Crippen LogP contribution is -2.07. The van der Waals surface area contributed by atoms with Crippen molar-refractivity contribution in [1.82, 2.24) is 0 Å². The zero-order valence-corrected chi connectivity index (χ0v) is 16.1. The topological polar surface area (TPSA) is 47.9 Å². The largest absolute Gasteiger partial charge is 0.504 e. The molecule has 0 aromatic heterocycles. The van der Waals surface area contributed by atoms with Crippen LogP contribution in [-0.4, -0.2) is 17.9 Å². The molecule has 0 atom stereocenters. The van der Waals surface area contributed by atoms with Crippen molar-refractivity contribution >= 4 is 29.0 Å². The predicted molar refractivity (Wildman–Crippen MR) is 104 cm³/mol. The number of thiol groups is 1. The lowest BCUT2D eigenvalue weighted by Gasteiger charge is -2.11. The monoisotopic (exact) mass is 409 g/mol. The van der Waals surface area contributed by atoms with E-state index in [1.54, 1.807) is 31.2 Å². The Morgan fingerprint density at radius 3 is 2.54 bits per heavy atom. The number of ether oxygens (including phenoxy) is 1. The van der Waals surface area contributed by atoms with Gasteiger partial charge in [-0.2, -0.15) is 13.2 Å². The van der Waals surface area contributed by atoms with E-state index >= 15 is 0 Å². The molecule has 2 rings (SSSR count). The number of hydrogen-bond acceptors (Lipinski definition) is 4. The summed E-state index contributed by atoms with van der Waals surface area (Å²) in [6, 6.07) is 11.8. The van der Waals surface area contributed by atoms with Crippen molar-refractivity contribution in [3.63, 3.8) is 0 Å². The van der Waals surface area contributed by atoms with E-state index in [2.05, 4.69) is 17.8 Å². The lowest BCUT2D eigenvalue weighted by molar-refractivity contribution is -0.137. The Hall–Kier alpha value is -2.74. The average molecular weight is 409 g/mol. The molecule has 0 aliphatic rings. The summed E-state index contributed by atoms with van der Waals surface area (Å²) in [5.74, 6) is 0. The van der Waals surface area contributed by atoms with Crippen molar-refractivity contribution in [3.8, 4) is 0 Å². The zero-order valence-electron chi connectivity index (χ0n) is 15.2. The van der Waals surface area contributed by atoms with Gasteiger partial charge in [-0.15, -0.1) is 12.6 Å². The summed E-state index contributed by atoms with van der Waals surface area (Å²) in [7, 11) is 1.42. The third-order valence-electron chi connectivity index (χ3n) is 3.80. The average Bonchev–Trinajstić information content (AvgIpc) is 2.66. The van der Waals surface area contributed by atoms with Gasteiger partial charge in [0.25, 0.3) is 0 Å². The van der Waals surface area contributed by atoms with E-state index in [0.717, 1.165) is 12.1 Å². The van der Waals surface area contributed by atoms with E-state index in [9.17, 15) is 18.0 Å². The highest BCUT2D eigenvalue weighted by molar-refractivity contribution is 7.98. The van der Waals surface area contributed by atoms with E-state index in [1.165, 1.54) is 25.5 Å². The smallest absolute Gasteiger partial charge is 0.416 e. The van der Waals surface area contributed by atoms with E-state index in [0.29, 0.717) is 22.4 Å². The molecule has 0 fully saturated rings. The summed E-state index contributed by atoms with van der Waals surface area (Å²) in [6.45, 7) is 1.56. The number of hydrogen-bond donors (Lipinski definition) is 1. The molecule has 8 heteroatoms. The van der Waals surface area contributed by atoms with Crippen molar-refractivity contribution in [2.24, 2.45) is 5.16 Å². The molecule has 0 spiro atoms. The van der Waals surface area contributed by atoms with Gasteiger partial charge in [-0.1, -0.05) is 41.6 Å². The number of oxime groups is 1. The van der Waals surface area contributed by atoms with E-state index in [4.69, 9.17) is 9.57 Å². The van der Waals surface area contributed by atoms with E-state index in [-0.39, 0.29) is 12.2 Å². The molecule has 0 saturated carbocycles. The summed E-state index contributed by atoms with van der Waals surface area (Å²) in [5, 5.41) is 3.42.